The molecule has 0 unspecified atom stereocenters. The van der Waals surface area contributed by atoms with Crippen LogP contribution in [0.5, 0.6) is 17.2 Å². The van der Waals surface area contributed by atoms with E-state index in [2.05, 4.69) is 4.99 Å². The van der Waals surface area contributed by atoms with Crippen molar-refractivity contribution in [1.29, 1.82) is 0 Å². The Kier molecular flexibility index (Phi) is 5.94. The summed E-state index contributed by atoms with van der Waals surface area (Å²) in [6.45, 7) is -0.246. The quantitative estimate of drug-likeness (QED) is 0.616. The summed E-state index contributed by atoms with van der Waals surface area (Å²) in [5, 5.41) is 0.820. The first-order valence-corrected chi connectivity index (χ1v) is 9.37. The second-order valence-corrected chi connectivity index (χ2v) is 7.28. The van der Waals surface area contributed by atoms with Gasteiger partial charge in [0.1, 0.15) is 27.5 Å². The Morgan fingerprint density at radius 3 is 2.44 bits per heavy atom. The third-order valence-corrected chi connectivity index (χ3v) is 5.46. The van der Waals surface area contributed by atoms with Gasteiger partial charge in [0, 0.05) is 12.1 Å². The normalized spacial score (nSPS) is 11.7. The van der Waals surface area contributed by atoms with Crippen molar-refractivity contribution in [3.63, 3.8) is 0 Å². The Balaban J connectivity index is 1.91. The van der Waals surface area contributed by atoms with Crippen LogP contribution in [0.25, 0.3) is 10.2 Å². The van der Waals surface area contributed by atoms with E-state index in [9.17, 15) is 4.79 Å². The molecule has 0 N–H and O–H groups in total. The number of aromatic nitrogens is 1. The van der Waals surface area contributed by atoms with Gasteiger partial charge in [0.05, 0.1) is 19.2 Å². The maximum absolute atomic E-state index is 12.3. The van der Waals surface area contributed by atoms with Crippen LogP contribution in [-0.4, -0.2) is 31.3 Å². The van der Waals surface area contributed by atoms with Gasteiger partial charge in [0.25, 0.3) is 5.91 Å². The van der Waals surface area contributed by atoms with Crippen molar-refractivity contribution in [3.8, 4) is 17.2 Å². The van der Waals surface area contributed by atoms with E-state index in [0.29, 0.717) is 32.1 Å². The van der Waals surface area contributed by atoms with Crippen molar-refractivity contribution in [2.45, 2.75) is 0 Å². The molecular weight excluding hydrogens is 411 g/mol. The number of ether oxygens (including phenoxy) is 3. The molecule has 0 aliphatic carbocycles. The molecule has 3 aromatic rings. The number of amides is 1. The molecule has 142 valence electrons. The largest absolute Gasteiger partial charge is 0.495 e. The lowest BCUT2D eigenvalue weighted by Crippen LogP contribution is -2.17. The van der Waals surface area contributed by atoms with E-state index in [4.69, 9.17) is 37.4 Å². The SMILES string of the molecule is COc1ccc(OC)c2c1sc(=NC(=O)COc1ccc(Cl)cc1Cl)n2C. The highest BCUT2D eigenvalue weighted by atomic mass is 35.5. The summed E-state index contributed by atoms with van der Waals surface area (Å²) >= 11 is 13.2. The molecule has 1 aromatic heterocycles. The predicted molar refractivity (Wildman–Crippen MR) is 106 cm³/mol. The molecular formula is C18H16Cl2N2O4S. The van der Waals surface area contributed by atoms with Crippen molar-refractivity contribution in [1.82, 2.24) is 4.57 Å². The minimum Gasteiger partial charge on any atom is -0.495 e. The maximum atomic E-state index is 12.3. The van der Waals surface area contributed by atoms with Gasteiger partial charge in [-0.15, -0.1) is 0 Å². The molecule has 0 aliphatic heterocycles. The van der Waals surface area contributed by atoms with Crippen LogP contribution in [0.1, 0.15) is 0 Å². The van der Waals surface area contributed by atoms with E-state index in [0.717, 1.165) is 10.2 Å². The topological polar surface area (TPSA) is 62.1 Å². The number of hydrogen-bond acceptors (Lipinski definition) is 5. The molecule has 3 rings (SSSR count). The highest BCUT2D eigenvalue weighted by Crippen LogP contribution is 2.34. The van der Waals surface area contributed by atoms with Gasteiger partial charge in [-0.1, -0.05) is 34.5 Å². The summed E-state index contributed by atoms with van der Waals surface area (Å²) in [6.07, 6.45) is 0. The Hall–Kier alpha value is -2.22. The summed E-state index contributed by atoms with van der Waals surface area (Å²) in [5.41, 5.74) is 0.801. The molecule has 9 heteroatoms. The number of rotatable bonds is 5. The van der Waals surface area contributed by atoms with Gasteiger partial charge < -0.3 is 18.8 Å². The number of methoxy groups -OCH3 is 2. The first-order chi connectivity index (χ1) is 12.9. The molecule has 1 heterocycles. The lowest BCUT2D eigenvalue weighted by Gasteiger charge is -2.07. The van der Waals surface area contributed by atoms with Crippen molar-refractivity contribution in [3.05, 3.63) is 45.2 Å². The number of aryl methyl sites for hydroxylation is 1. The molecule has 0 saturated carbocycles. The summed E-state index contributed by atoms with van der Waals surface area (Å²) in [6, 6.07) is 8.41. The summed E-state index contributed by atoms with van der Waals surface area (Å²) < 4.78 is 18.9. The molecule has 2 aromatic carbocycles. The third kappa shape index (κ3) is 4.05. The van der Waals surface area contributed by atoms with E-state index in [-0.39, 0.29) is 6.61 Å². The number of benzene rings is 2. The Bertz CT molecular complexity index is 1080. The summed E-state index contributed by atoms with van der Waals surface area (Å²) in [4.78, 5) is 16.9. The first kappa shape index (κ1) is 19.5. The molecule has 0 bridgehead atoms. The lowest BCUT2D eigenvalue weighted by molar-refractivity contribution is -0.120. The summed E-state index contributed by atoms with van der Waals surface area (Å²) in [5.74, 6) is 1.28. The number of hydrogen-bond donors (Lipinski definition) is 0. The minimum atomic E-state index is -0.443. The maximum Gasteiger partial charge on any atom is 0.286 e. The van der Waals surface area contributed by atoms with Crippen molar-refractivity contribution in [2.75, 3.05) is 20.8 Å². The fourth-order valence-electron chi connectivity index (χ4n) is 2.50. The predicted octanol–water partition coefficient (Wildman–Crippen LogP) is 4.07. The molecule has 0 fully saturated rings. The van der Waals surface area contributed by atoms with Crippen LogP contribution >= 0.6 is 34.5 Å². The van der Waals surface area contributed by atoms with Gasteiger partial charge in [-0.3, -0.25) is 4.79 Å². The molecule has 0 atom stereocenters. The van der Waals surface area contributed by atoms with Crippen LogP contribution < -0.4 is 19.0 Å². The number of carbonyl (C=O) groups is 1. The van der Waals surface area contributed by atoms with Crippen molar-refractivity contribution < 1.29 is 19.0 Å². The van der Waals surface area contributed by atoms with Crippen LogP contribution in [0, 0.1) is 0 Å². The molecule has 6 nitrogen and oxygen atoms in total. The fourth-order valence-corrected chi connectivity index (χ4v) is 4.11. The second kappa shape index (κ2) is 8.21. The van der Waals surface area contributed by atoms with Crippen molar-refractivity contribution in [2.24, 2.45) is 12.0 Å². The zero-order valence-corrected chi connectivity index (χ0v) is 17.1. The van der Waals surface area contributed by atoms with E-state index < -0.39 is 5.91 Å². The lowest BCUT2D eigenvalue weighted by atomic mass is 10.3. The zero-order valence-electron chi connectivity index (χ0n) is 14.8. The second-order valence-electron chi connectivity index (χ2n) is 5.46. The van der Waals surface area contributed by atoms with Gasteiger partial charge in [-0.05, 0) is 30.3 Å². The van der Waals surface area contributed by atoms with Gasteiger partial charge >= 0.3 is 0 Å². The van der Waals surface area contributed by atoms with E-state index in [1.807, 2.05) is 19.2 Å². The average Bonchev–Trinajstić information content (AvgIpc) is 2.97. The molecule has 0 radical (unpaired) electrons. The van der Waals surface area contributed by atoms with Crippen LogP contribution in [0.15, 0.2) is 35.3 Å². The van der Waals surface area contributed by atoms with Crippen LogP contribution in [-0.2, 0) is 11.8 Å². The van der Waals surface area contributed by atoms with Gasteiger partial charge in [0.2, 0.25) is 0 Å². The number of thiazole rings is 1. The van der Waals surface area contributed by atoms with Crippen LogP contribution in [0.4, 0.5) is 0 Å². The van der Waals surface area contributed by atoms with Gasteiger partial charge in [-0.25, -0.2) is 0 Å². The number of fused-ring (bicyclic) bond motifs is 1. The molecule has 0 saturated heterocycles. The van der Waals surface area contributed by atoms with E-state index >= 15 is 0 Å². The van der Waals surface area contributed by atoms with E-state index in [1.54, 1.807) is 37.0 Å². The molecule has 27 heavy (non-hydrogen) atoms. The van der Waals surface area contributed by atoms with Gasteiger partial charge in [-0.2, -0.15) is 4.99 Å². The smallest absolute Gasteiger partial charge is 0.286 e. The number of carbonyl (C=O) groups excluding carboxylic acids is 1. The number of nitrogens with zero attached hydrogens (tertiary/aromatic N) is 2. The monoisotopic (exact) mass is 426 g/mol. The summed E-state index contributed by atoms with van der Waals surface area (Å²) in [7, 11) is 4.99. The fraction of sp³-hybridized carbons (Fsp3) is 0.222. The molecule has 0 aliphatic rings. The van der Waals surface area contributed by atoms with Crippen LogP contribution in [0.2, 0.25) is 10.0 Å². The van der Waals surface area contributed by atoms with Crippen LogP contribution in [0.3, 0.4) is 0 Å². The minimum absolute atomic E-state index is 0.246. The van der Waals surface area contributed by atoms with E-state index in [1.165, 1.54) is 11.3 Å². The molecule has 0 spiro atoms. The standard InChI is InChI=1S/C18H16Cl2N2O4S/c1-22-16-13(24-2)6-7-14(25-3)17(16)27-18(22)21-15(23)9-26-12-5-4-10(19)8-11(12)20/h4-8H,9H2,1-3H3. The highest BCUT2D eigenvalue weighted by molar-refractivity contribution is 7.16. The number of halogens is 2. The Labute approximate surface area is 169 Å². The Morgan fingerprint density at radius 2 is 1.78 bits per heavy atom. The van der Waals surface area contributed by atoms with Gasteiger partial charge in [0.15, 0.2) is 11.4 Å². The molecule has 1 amide bonds. The third-order valence-electron chi connectivity index (χ3n) is 3.78. The highest BCUT2D eigenvalue weighted by Gasteiger charge is 2.14. The van der Waals surface area contributed by atoms with Crippen molar-refractivity contribution >= 4 is 50.7 Å². The first-order valence-electron chi connectivity index (χ1n) is 7.80. The zero-order chi connectivity index (χ0) is 19.6. The Morgan fingerprint density at radius 1 is 1.11 bits per heavy atom. The average molecular weight is 427 g/mol.